The fraction of sp³-hybridized carbons (Fsp3) is 0.235. The van der Waals surface area contributed by atoms with Gasteiger partial charge in [0.15, 0.2) is 5.78 Å². The van der Waals surface area contributed by atoms with E-state index in [0.717, 1.165) is 0 Å². The zero-order valence-electron chi connectivity index (χ0n) is 12.1. The number of nitrogens with zero attached hydrogens (tertiary/aromatic N) is 1. The van der Waals surface area contributed by atoms with Gasteiger partial charge < -0.3 is 0 Å². The van der Waals surface area contributed by atoms with Crippen LogP contribution in [0, 0.1) is 10.1 Å². The molecule has 0 spiro atoms. The van der Waals surface area contributed by atoms with Gasteiger partial charge >= 0.3 is 0 Å². The maximum absolute atomic E-state index is 12.5. The van der Waals surface area contributed by atoms with Crippen molar-refractivity contribution in [1.29, 1.82) is 0 Å². The fourth-order valence-corrected chi connectivity index (χ4v) is 2.42. The zero-order valence-corrected chi connectivity index (χ0v) is 12.1. The fourth-order valence-electron chi connectivity index (χ4n) is 2.42. The highest BCUT2D eigenvalue weighted by molar-refractivity contribution is 6.09. The first-order valence-electron chi connectivity index (χ1n) is 6.98. The van der Waals surface area contributed by atoms with Crippen LogP contribution < -0.4 is 0 Å². The van der Waals surface area contributed by atoms with E-state index in [4.69, 9.17) is 0 Å². The standard InChI is InChI=1S/C17H17NO3/c1-3-12-10-15(11-13(4-2)16(12)18(20)21)17(19)14-8-6-5-7-9-14/h5-11H,3-4H2,1-2H3. The van der Waals surface area contributed by atoms with Crippen molar-refractivity contribution in [2.75, 3.05) is 0 Å². The van der Waals surface area contributed by atoms with Crippen molar-refractivity contribution < 1.29 is 9.72 Å². The van der Waals surface area contributed by atoms with Crippen LogP contribution in [0.25, 0.3) is 0 Å². The molecule has 2 rings (SSSR count). The second-order valence-electron chi connectivity index (χ2n) is 4.80. The Labute approximate surface area is 123 Å². The molecule has 4 heteroatoms. The lowest BCUT2D eigenvalue weighted by atomic mass is 9.95. The number of aryl methyl sites for hydroxylation is 2. The molecule has 0 heterocycles. The first-order chi connectivity index (χ1) is 10.1. The summed E-state index contributed by atoms with van der Waals surface area (Å²) in [6.07, 6.45) is 1.05. The van der Waals surface area contributed by atoms with Crippen molar-refractivity contribution in [2.24, 2.45) is 0 Å². The minimum atomic E-state index is -0.353. The van der Waals surface area contributed by atoms with Gasteiger partial charge in [-0.2, -0.15) is 0 Å². The number of rotatable bonds is 5. The normalized spacial score (nSPS) is 10.4. The number of nitro groups is 1. The average Bonchev–Trinajstić information content (AvgIpc) is 2.53. The molecule has 2 aromatic carbocycles. The molecule has 21 heavy (non-hydrogen) atoms. The van der Waals surface area contributed by atoms with E-state index in [9.17, 15) is 14.9 Å². The largest absolute Gasteiger partial charge is 0.289 e. The van der Waals surface area contributed by atoms with Crippen LogP contribution >= 0.6 is 0 Å². The Hall–Kier alpha value is -2.49. The molecule has 0 amide bonds. The number of ketones is 1. The number of nitro benzene ring substituents is 1. The van der Waals surface area contributed by atoms with E-state index in [1.54, 1.807) is 36.4 Å². The molecular formula is C17H17NO3. The summed E-state index contributed by atoms with van der Waals surface area (Å²) in [4.78, 5) is 23.4. The first kappa shape index (κ1) is 14.9. The van der Waals surface area contributed by atoms with Crippen molar-refractivity contribution in [3.8, 4) is 0 Å². The summed E-state index contributed by atoms with van der Waals surface area (Å²) >= 11 is 0. The topological polar surface area (TPSA) is 60.2 Å². The Morgan fingerprint density at radius 2 is 1.52 bits per heavy atom. The van der Waals surface area contributed by atoms with Crippen LogP contribution in [0.15, 0.2) is 42.5 Å². The molecule has 2 aromatic rings. The maximum atomic E-state index is 12.5. The molecule has 0 radical (unpaired) electrons. The molecule has 4 nitrogen and oxygen atoms in total. The van der Waals surface area contributed by atoms with Crippen molar-refractivity contribution in [1.82, 2.24) is 0 Å². The molecular weight excluding hydrogens is 266 g/mol. The average molecular weight is 283 g/mol. The number of carbonyl (C=O) groups is 1. The van der Waals surface area contributed by atoms with E-state index in [2.05, 4.69) is 0 Å². The van der Waals surface area contributed by atoms with Crippen LogP contribution in [0.4, 0.5) is 5.69 Å². The smallest absolute Gasteiger partial charge is 0.275 e. The van der Waals surface area contributed by atoms with E-state index >= 15 is 0 Å². The number of hydrogen-bond donors (Lipinski definition) is 0. The second kappa shape index (κ2) is 6.31. The highest BCUT2D eigenvalue weighted by atomic mass is 16.6. The van der Waals surface area contributed by atoms with Gasteiger partial charge in [0.2, 0.25) is 0 Å². The Bertz CT molecular complexity index is 653. The van der Waals surface area contributed by atoms with E-state index in [-0.39, 0.29) is 16.4 Å². The highest BCUT2D eigenvalue weighted by Gasteiger charge is 2.21. The third kappa shape index (κ3) is 2.99. The molecule has 0 fully saturated rings. The molecule has 0 saturated heterocycles. The quantitative estimate of drug-likeness (QED) is 0.474. The predicted octanol–water partition coefficient (Wildman–Crippen LogP) is 3.95. The summed E-state index contributed by atoms with van der Waals surface area (Å²) in [5, 5.41) is 11.2. The minimum Gasteiger partial charge on any atom is -0.289 e. The maximum Gasteiger partial charge on any atom is 0.275 e. The van der Waals surface area contributed by atoms with Crippen molar-refractivity contribution in [2.45, 2.75) is 26.7 Å². The Morgan fingerprint density at radius 3 is 1.95 bits per heavy atom. The lowest BCUT2D eigenvalue weighted by Gasteiger charge is -2.09. The molecule has 0 bridgehead atoms. The van der Waals surface area contributed by atoms with Gasteiger partial charge in [0.25, 0.3) is 5.69 Å². The van der Waals surface area contributed by atoms with Gasteiger partial charge in [-0.05, 0) is 25.0 Å². The van der Waals surface area contributed by atoms with Crippen LogP contribution in [-0.4, -0.2) is 10.7 Å². The monoisotopic (exact) mass is 283 g/mol. The summed E-state index contributed by atoms with van der Waals surface area (Å²) in [7, 11) is 0. The van der Waals surface area contributed by atoms with Gasteiger partial charge in [0.05, 0.1) is 4.92 Å². The predicted molar refractivity (Wildman–Crippen MR) is 81.7 cm³/mol. The van der Waals surface area contributed by atoms with Crippen LogP contribution in [0.3, 0.4) is 0 Å². The second-order valence-corrected chi connectivity index (χ2v) is 4.80. The minimum absolute atomic E-state index is 0.102. The zero-order chi connectivity index (χ0) is 15.4. The van der Waals surface area contributed by atoms with Gasteiger partial charge in [0.1, 0.15) is 0 Å². The molecule has 0 aromatic heterocycles. The molecule has 0 aliphatic rings. The molecule has 0 aliphatic heterocycles. The first-order valence-corrected chi connectivity index (χ1v) is 6.98. The Morgan fingerprint density at radius 1 is 1.00 bits per heavy atom. The van der Waals surface area contributed by atoms with Crippen molar-refractivity contribution in [3.05, 3.63) is 74.8 Å². The van der Waals surface area contributed by atoms with Gasteiger partial charge in [-0.1, -0.05) is 44.2 Å². The number of benzene rings is 2. The summed E-state index contributed by atoms with van der Waals surface area (Å²) in [6, 6.07) is 12.3. The number of carbonyl (C=O) groups excluding carboxylic acids is 1. The van der Waals surface area contributed by atoms with E-state index in [1.165, 1.54) is 0 Å². The molecule has 0 unspecified atom stereocenters. The van der Waals surface area contributed by atoms with E-state index in [0.29, 0.717) is 35.1 Å². The van der Waals surface area contributed by atoms with Crippen LogP contribution in [0.1, 0.15) is 40.9 Å². The molecule has 108 valence electrons. The summed E-state index contributed by atoms with van der Waals surface area (Å²) in [5.74, 6) is -0.102. The van der Waals surface area contributed by atoms with Gasteiger partial charge in [0, 0.05) is 22.3 Å². The van der Waals surface area contributed by atoms with Crippen LogP contribution in [0.5, 0.6) is 0 Å². The lowest BCUT2D eigenvalue weighted by Crippen LogP contribution is -2.06. The summed E-state index contributed by atoms with van der Waals surface area (Å²) in [5.41, 5.74) is 2.47. The highest BCUT2D eigenvalue weighted by Crippen LogP contribution is 2.28. The third-order valence-corrected chi connectivity index (χ3v) is 3.51. The summed E-state index contributed by atoms with van der Waals surface area (Å²) < 4.78 is 0. The molecule has 0 saturated carbocycles. The molecule has 0 atom stereocenters. The van der Waals surface area contributed by atoms with Crippen LogP contribution in [-0.2, 0) is 12.8 Å². The van der Waals surface area contributed by atoms with E-state index in [1.807, 2.05) is 19.9 Å². The van der Waals surface area contributed by atoms with Crippen LogP contribution in [0.2, 0.25) is 0 Å². The van der Waals surface area contributed by atoms with Gasteiger partial charge in [-0.15, -0.1) is 0 Å². The SMILES string of the molecule is CCc1cc(C(=O)c2ccccc2)cc(CC)c1[N+](=O)[O-]. The molecule has 0 aliphatic carbocycles. The van der Waals surface area contributed by atoms with Gasteiger partial charge in [-0.25, -0.2) is 0 Å². The van der Waals surface area contributed by atoms with Crippen molar-refractivity contribution in [3.63, 3.8) is 0 Å². The van der Waals surface area contributed by atoms with E-state index < -0.39 is 0 Å². The Balaban J connectivity index is 2.56. The summed E-state index contributed by atoms with van der Waals surface area (Å²) in [6.45, 7) is 3.72. The molecule has 0 N–H and O–H groups in total. The van der Waals surface area contributed by atoms with Crippen molar-refractivity contribution >= 4 is 11.5 Å². The van der Waals surface area contributed by atoms with Gasteiger partial charge in [-0.3, -0.25) is 14.9 Å². The Kier molecular flexibility index (Phi) is 4.48. The third-order valence-electron chi connectivity index (χ3n) is 3.51. The number of hydrogen-bond acceptors (Lipinski definition) is 3. The lowest BCUT2D eigenvalue weighted by molar-refractivity contribution is -0.386.